The van der Waals surface area contributed by atoms with Crippen molar-refractivity contribution in [1.82, 2.24) is 5.32 Å². The van der Waals surface area contributed by atoms with Crippen LogP contribution in [0, 0.1) is 0 Å². The van der Waals surface area contributed by atoms with Crippen LogP contribution in [0.4, 0.5) is 0 Å². The summed E-state index contributed by atoms with van der Waals surface area (Å²) in [5.41, 5.74) is 0.594. The zero-order valence-electron chi connectivity index (χ0n) is 13.6. The van der Waals surface area contributed by atoms with Crippen molar-refractivity contribution in [2.45, 2.75) is 19.0 Å². The van der Waals surface area contributed by atoms with Gasteiger partial charge in [0.2, 0.25) is 0 Å². The fourth-order valence-corrected chi connectivity index (χ4v) is 4.40. The second kappa shape index (κ2) is 8.12. The molecule has 1 aliphatic heterocycles. The van der Waals surface area contributed by atoms with Gasteiger partial charge in [0.1, 0.15) is 19.1 Å². The summed E-state index contributed by atoms with van der Waals surface area (Å²) in [6.07, 6.45) is 0. The number of thiophene rings is 1. The number of quaternary nitrogens is 1. The van der Waals surface area contributed by atoms with Gasteiger partial charge >= 0.3 is 0 Å². The molecule has 4 nitrogen and oxygen atoms in total. The molecule has 1 amide bonds. The third-order valence-corrected chi connectivity index (χ3v) is 5.56. The van der Waals surface area contributed by atoms with Gasteiger partial charge < -0.3 is 15.0 Å². The minimum atomic E-state index is -0.0841. The van der Waals surface area contributed by atoms with Crippen molar-refractivity contribution < 1.29 is 14.4 Å². The van der Waals surface area contributed by atoms with Gasteiger partial charge in [0.05, 0.1) is 24.1 Å². The Hall–Kier alpha value is -1.40. The zero-order valence-corrected chi connectivity index (χ0v) is 15.2. The van der Waals surface area contributed by atoms with E-state index >= 15 is 0 Å². The molecule has 2 atom stereocenters. The Morgan fingerprint density at radius 2 is 2.08 bits per heavy atom. The molecule has 1 aliphatic rings. The van der Waals surface area contributed by atoms with E-state index < -0.39 is 0 Å². The van der Waals surface area contributed by atoms with Crippen LogP contribution in [0.1, 0.15) is 28.2 Å². The van der Waals surface area contributed by atoms with Crippen LogP contribution in [0.15, 0.2) is 41.8 Å². The Kier molecular flexibility index (Phi) is 5.89. The van der Waals surface area contributed by atoms with E-state index in [2.05, 4.69) is 29.8 Å². The second-order valence-electron chi connectivity index (χ2n) is 6.04. The number of halogens is 1. The highest BCUT2D eigenvalue weighted by molar-refractivity contribution is 7.10. The summed E-state index contributed by atoms with van der Waals surface area (Å²) in [5, 5.41) is 5.82. The van der Waals surface area contributed by atoms with Gasteiger partial charge in [-0.15, -0.1) is 11.3 Å². The van der Waals surface area contributed by atoms with E-state index in [0.29, 0.717) is 10.6 Å². The van der Waals surface area contributed by atoms with Crippen LogP contribution in [-0.4, -0.2) is 38.3 Å². The number of rotatable bonds is 5. The van der Waals surface area contributed by atoms with E-state index in [1.54, 1.807) is 35.6 Å². The first-order valence-electron chi connectivity index (χ1n) is 8.17. The minimum Gasteiger partial charge on any atom is -0.370 e. The third-order valence-electron chi connectivity index (χ3n) is 4.37. The molecule has 1 saturated heterocycles. The fraction of sp³-hybridized carbons (Fsp3) is 0.389. The number of amides is 1. The molecule has 128 valence electrons. The van der Waals surface area contributed by atoms with Crippen molar-refractivity contribution in [3.63, 3.8) is 0 Å². The summed E-state index contributed by atoms with van der Waals surface area (Å²) >= 11 is 7.74. The third kappa shape index (κ3) is 4.16. The summed E-state index contributed by atoms with van der Waals surface area (Å²) in [6, 6.07) is 11.5. The molecule has 1 aromatic carbocycles. The second-order valence-corrected chi connectivity index (χ2v) is 7.45. The largest absolute Gasteiger partial charge is 0.370 e. The normalized spacial score (nSPS) is 18.1. The molecule has 0 spiro atoms. The Labute approximate surface area is 151 Å². The SMILES string of the molecule is C[C@@H](NC(=O)c1cccc(Cl)c1)[C@@H](c1cccs1)[NH+]1CCOCC1. The van der Waals surface area contributed by atoms with Gasteiger partial charge in [0, 0.05) is 10.6 Å². The van der Waals surface area contributed by atoms with E-state index in [9.17, 15) is 4.79 Å². The number of carbonyl (C=O) groups excluding carboxylic acids is 1. The molecule has 1 fully saturated rings. The Balaban J connectivity index is 1.75. The lowest BCUT2D eigenvalue weighted by Crippen LogP contribution is -3.15. The molecule has 0 saturated carbocycles. The van der Waals surface area contributed by atoms with Crippen LogP contribution >= 0.6 is 22.9 Å². The van der Waals surface area contributed by atoms with Crippen molar-refractivity contribution in [1.29, 1.82) is 0 Å². The van der Waals surface area contributed by atoms with Crippen molar-refractivity contribution in [3.05, 3.63) is 57.2 Å². The fourth-order valence-electron chi connectivity index (χ4n) is 3.22. The average Bonchev–Trinajstić information content (AvgIpc) is 3.10. The zero-order chi connectivity index (χ0) is 16.9. The predicted octanol–water partition coefficient (Wildman–Crippen LogP) is 2.18. The monoisotopic (exact) mass is 365 g/mol. The maximum absolute atomic E-state index is 12.6. The molecule has 24 heavy (non-hydrogen) atoms. The average molecular weight is 366 g/mol. The van der Waals surface area contributed by atoms with Gasteiger partial charge in [0.15, 0.2) is 0 Å². The smallest absolute Gasteiger partial charge is 0.251 e. The van der Waals surface area contributed by atoms with Crippen LogP contribution in [0.3, 0.4) is 0 Å². The molecular weight excluding hydrogens is 344 g/mol. The quantitative estimate of drug-likeness (QED) is 0.852. The number of hydrogen-bond donors (Lipinski definition) is 2. The lowest BCUT2D eigenvalue weighted by atomic mass is 10.0. The Morgan fingerprint density at radius 1 is 1.29 bits per heavy atom. The van der Waals surface area contributed by atoms with E-state index in [0.717, 1.165) is 26.3 Å². The topological polar surface area (TPSA) is 42.8 Å². The van der Waals surface area contributed by atoms with Gasteiger partial charge in [-0.25, -0.2) is 0 Å². The van der Waals surface area contributed by atoms with E-state index in [1.807, 2.05) is 0 Å². The summed E-state index contributed by atoms with van der Waals surface area (Å²) < 4.78 is 5.49. The van der Waals surface area contributed by atoms with Crippen LogP contribution < -0.4 is 10.2 Å². The van der Waals surface area contributed by atoms with E-state index in [4.69, 9.17) is 16.3 Å². The van der Waals surface area contributed by atoms with Crippen LogP contribution in [0.5, 0.6) is 0 Å². The van der Waals surface area contributed by atoms with Crippen molar-refractivity contribution in [3.8, 4) is 0 Å². The first kappa shape index (κ1) is 17.4. The number of carbonyl (C=O) groups is 1. The van der Waals surface area contributed by atoms with Gasteiger partial charge in [-0.05, 0) is 36.6 Å². The lowest BCUT2D eigenvalue weighted by Gasteiger charge is -2.34. The van der Waals surface area contributed by atoms with Crippen LogP contribution in [0.2, 0.25) is 5.02 Å². The molecule has 0 aliphatic carbocycles. The number of ether oxygens (including phenoxy) is 1. The highest BCUT2D eigenvalue weighted by atomic mass is 35.5. The van der Waals surface area contributed by atoms with Crippen molar-refractivity contribution >= 4 is 28.8 Å². The molecule has 2 heterocycles. The number of hydrogen-bond acceptors (Lipinski definition) is 3. The Bertz CT molecular complexity index is 671. The van der Waals surface area contributed by atoms with Crippen molar-refractivity contribution in [2.24, 2.45) is 0 Å². The standard InChI is InChI=1S/C18H21ClN2O2S/c1-13(20-18(22)14-4-2-5-15(19)12-14)17(16-6-3-11-24-16)21-7-9-23-10-8-21/h2-6,11-13,17H,7-10H2,1H3,(H,20,22)/p+1/t13-,17+/m1/s1. The molecule has 1 aromatic heterocycles. The minimum absolute atomic E-state index is 0.0169. The maximum Gasteiger partial charge on any atom is 0.251 e. The van der Waals surface area contributed by atoms with Crippen LogP contribution in [-0.2, 0) is 4.74 Å². The molecule has 2 aromatic rings. The summed E-state index contributed by atoms with van der Waals surface area (Å²) in [5.74, 6) is -0.0841. The molecule has 2 N–H and O–H groups in total. The summed E-state index contributed by atoms with van der Waals surface area (Å²) in [7, 11) is 0. The molecule has 0 radical (unpaired) electrons. The van der Waals surface area contributed by atoms with Gasteiger partial charge in [-0.2, -0.15) is 0 Å². The van der Waals surface area contributed by atoms with E-state index in [-0.39, 0.29) is 18.0 Å². The number of nitrogens with one attached hydrogen (secondary N) is 2. The Morgan fingerprint density at radius 3 is 2.75 bits per heavy atom. The summed E-state index contributed by atoms with van der Waals surface area (Å²) in [4.78, 5) is 15.3. The maximum atomic E-state index is 12.6. The van der Waals surface area contributed by atoms with Crippen molar-refractivity contribution in [2.75, 3.05) is 26.3 Å². The molecule has 3 rings (SSSR count). The first-order chi connectivity index (χ1) is 11.6. The first-order valence-corrected chi connectivity index (χ1v) is 9.43. The highest BCUT2D eigenvalue weighted by Crippen LogP contribution is 2.20. The summed E-state index contributed by atoms with van der Waals surface area (Å²) in [6.45, 7) is 5.54. The molecular formula is C18H22ClN2O2S+. The highest BCUT2D eigenvalue weighted by Gasteiger charge is 2.33. The van der Waals surface area contributed by atoms with Gasteiger partial charge in [0.25, 0.3) is 5.91 Å². The molecule has 6 heteroatoms. The van der Waals surface area contributed by atoms with Gasteiger partial charge in [-0.3, -0.25) is 4.79 Å². The molecule has 0 bridgehead atoms. The van der Waals surface area contributed by atoms with Gasteiger partial charge in [-0.1, -0.05) is 23.7 Å². The van der Waals surface area contributed by atoms with Crippen LogP contribution in [0.25, 0.3) is 0 Å². The number of morpholine rings is 1. The molecule has 0 unspecified atom stereocenters. The predicted molar refractivity (Wildman–Crippen MR) is 97.0 cm³/mol. The number of benzene rings is 1. The van der Waals surface area contributed by atoms with E-state index in [1.165, 1.54) is 9.78 Å². The lowest BCUT2D eigenvalue weighted by molar-refractivity contribution is -0.939.